The Labute approximate surface area is 113 Å². The lowest BCUT2D eigenvalue weighted by molar-refractivity contribution is 0.0469. The molecular weight excluding hydrogens is 250 g/mol. The van der Waals surface area contributed by atoms with Crippen molar-refractivity contribution in [1.82, 2.24) is 5.32 Å². The molecule has 0 saturated heterocycles. The van der Waals surface area contributed by atoms with Crippen LogP contribution in [0.4, 0.5) is 9.59 Å². The second-order valence-corrected chi connectivity index (χ2v) is 5.94. The highest BCUT2D eigenvalue weighted by atomic mass is 16.7. The van der Waals surface area contributed by atoms with Gasteiger partial charge in [-0.05, 0) is 52.4 Å². The zero-order chi connectivity index (χ0) is 14.5. The molecule has 0 aromatic rings. The zero-order valence-corrected chi connectivity index (χ0v) is 11.8. The van der Waals surface area contributed by atoms with Crippen LogP contribution in [0.5, 0.6) is 0 Å². The SMILES string of the molecule is CC(C)(C)OC(=O)NC1CCC(COC(=O)O)CC1. The first-order chi connectivity index (χ1) is 8.76. The molecule has 19 heavy (non-hydrogen) atoms. The number of rotatable bonds is 3. The van der Waals surface area contributed by atoms with E-state index in [0.717, 1.165) is 25.7 Å². The maximum atomic E-state index is 11.6. The molecule has 0 aromatic heterocycles. The standard InChI is InChI=1S/C13H23NO5/c1-13(2,3)19-11(15)14-10-6-4-9(5-7-10)8-18-12(16)17/h9-10H,4-8H2,1-3H3,(H,14,15)(H,16,17). The predicted molar refractivity (Wildman–Crippen MR) is 69.1 cm³/mol. The number of carbonyl (C=O) groups is 2. The van der Waals surface area contributed by atoms with E-state index in [4.69, 9.17) is 9.84 Å². The molecule has 6 heteroatoms. The molecule has 0 bridgehead atoms. The molecule has 0 atom stereocenters. The molecule has 0 radical (unpaired) electrons. The summed E-state index contributed by atoms with van der Waals surface area (Å²) in [4.78, 5) is 21.9. The third kappa shape index (κ3) is 6.88. The van der Waals surface area contributed by atoms with Crippen molar-refractivity contribution in [2.24, 2.45) is 5.92 Å². The van der Waals surface area contributed by atoms with Gasteiger partial charge in [-0.25, -0.2) is 9.59 Å². The summed E-state index contributed by atoms with van der Waals surface area (Å²) in [6.07, 6.45) is 1.74. The average molecular weight is 273 g/mol. The van der Waals surface area contributed by atoms with E-state index < -0.39 is 17.8 Å². The zero-order valence-electron chi connectivity index (χ0n) is 11.8. The van der Waals surface area contributed by atoms with E-state index in [9.17, 15) is 9.59 Å². The molecule has 0 unspecified atom stereocenters. The van der Waals surface area contributed by atoms with Gasteiger partial charge in [0.25, 0.3) is 0 Å². The van der Waals surface area contributed by atoms with Crippen molar-refractivity contribution >= 4 is 12.2 Å². The van der Waals surface area contributed by atoms with Crippen molar-refractivity contribution in [3.63, 3.8) is 0 Å². The first-order valence-electron chi connectivity index (χ1n) is 6.61. The van der Waals surface area contributed by atoms with Crippen LogP contribution in [0.15, 0.2) is 0 Å². The van der Waals surface area contributed by atoms with Crippen LogP contribution in [-0.4, -0.2) is 35.6 Å². The van der Waals surface area contributed by atoms with Crippen LogP contribution in [0.25, 0.3) is 0 Å². The second-order valence-electron chi connectivity index (χ2n) is 5.94. The highest BCUT2D eigenvalue weighted by molar-refractivity contribution is 5.68. The van der Waals surface area contributed by atoms with Gasteiger partial charge in [0.15, 0.2) is 0 Å². The largest absolute Gasteiger partial charge is 0.505 e. The number of hydrogen-bond acceptors (Lipinski definition) is 4. The monoisotopic (exact) mass is 273 g/mol. The van der Waals surface area contributed by atoms with Crippen LogP contribution >= 0.6 is 0 Å². The molecule has 0 heterocycles. The lowest BCUT2D eigenvalue weighted by atomic mass is 9.86. The molecule has 0 aliphatic heterocycles. The van der Waals surface area contributed by atoms with Gasteiger partial charge < -0.3 is 19.9 Å². The third-order valence-electron chi connectivity index (χ3n) is 3.01. The van der Waals surface area contributed by atoms with Gasteiger partial charge >= 0.3 is 12.2 Å². The Bertz CT molecular complexity index is 315. The quantitative estimate of drug-likeness (QED) is 0.772. The topological polar surface area (TPSA) is 84.9 Å². The molecule has 6 nitrogen and oxygen atoms in total. The number of carbonyl (C=O) groups excluding carboxylic acids is 1. The van der Waals surface area contributed by atoms with Crippen LogP contribution in [0.3, 0.4) is 0 Å². The van der Waals surface area contributed by atoms with Crippen LogP contribution in [0, 0.1) is 5.92 Å². The fourth-order valence-corrected chi connectivity index (χ4v) is 2.14. The van der Waals surface area contributed by atoms with Crippen molar-refractivity contribution in [2.75, 3.05) is 6.61 Å². The van der Waals surface area contributed by atoms with E-state index in [1.807, 2.05) is 20.8 Å². The minimum atomic E-state index is -1.23. The van der Waals surface area contributed by atoms with Crippen LogP contribution in [0.2, 0.25) is 0 Å². The summed E-state index contributed by atoms with van der Waals surface area (Å²) >= 11 is 0. The highest BCUT2D eigenvalue weighted by Gasteiger charge is 2.25. The molecular formula is C13H23NO5. The Hall–Kier alpha value is -1.46. The summed E-state index contributed by atoms with van der Waals surface area (Å²) < 4.78 is 9.76. The average Bonchev–Trinajstić information content (AvgIpc) is 2.25. The lowest BCUT2D eigenvalue weighted by Gasteiger charge is -2.29. The third-order valence-corrected chi connectivity index (χ3v) is 3.01. The fraction of sp³-hybridized carbons (Fsp3) is 0.846. The number of carboxylic acid groups (broad SMARTS) is 1. The molecule has 0 spiro atoms. The van der Waals surface area contributed by atoms with Gasteiger partial charge in [-0.1, -0.05) is 0 Å². The number of hydrogen-bond donors (Lipinski definition) is 2. The Kier molecular flexibility index (Phi) is 5.44. The normalized spacial score (nSPS) is 23.5. The van der Waals surface area contributed by atoms with E-state index >= 15 is 0 Å². The van der Waals surface area contributed by atoms with Gasteiger partial charge in [0.1, 0.15) is 5.60 Å². The van der Waals surface area contributed by atoms with Gasteiger partial charge in [0.2, 0.25) is 0 Å². The molecule has 1 rings (SSSR count). The van der Waals surface area contributed by atoms with E-state index in [2.05, 4.69) is 10.1 Å². The Morgan fingerprint density at radius 2 is 1.79 bits per heavy atom. The second kappa shape index (κ2) is 6.63. The molecule has 110 valence electrons. The van der Waals surface area contributed by atoms with Crippen molar-refractivity contribution in [1.29, 1.82) is 0 Å². The maximum Gasteiger partial charge on any atom is 0.505 e. The molecule has 1 aliphatic rings. The van der Waals surface area contributed by atoms with E-state index in [1.165, 1.54) is 0 Å². The van der Waals surface area contributed by atoms with Gasteiger partial charge in [0, 0.05) is 6.04 Å². The summed E-state index contributed by atoms with van der Waals surface area (Å²) in [6.45, 7) is 5.72. The van der Waals surface area contributed by atoms with Crippen LogP contribution in [0.1, 0.15) is 46.5 Å². The number of alkyl carbamates (subject to hydrolysis) is 1. The fourth-order valence-electron chi connectivity index (χ4n) is 2.14. The van der Waals surface area contributed by atoms with Crippen molar-refractivity contribution in [3.8, 4) is 0 Å². The first kappa shape index (κ1) is 15.6. The molecule has 1 aliphatic carbocycles. The van der Waals surface area contributed by atoms with Crippen LogP contribution in [-0.2, 0) is 9.47 Å². The predicted octanol–water partition coefficient (Wildman–Crippen LogP) is 2.76. The van der Waals surface area contributed by atoms with E-state index in [1.54, 1.807) is 0 Å². The Balaban J connectivity index is 2.23. The Morgan fingerprint density at radius 1 is 1.21 bits per heavy atom. The molecule has 0 aromatic carbocycles. The number of ether oxygens (including phenoxy) is 2. The summed E-state index contributed by atoms with van der Waals surface area (Å²) in [6, 6.07) is 0.107. The van der Waals surface area contributed by atoms with Crippen molar-refractivity contribution < 1.29 is 24.2 Å². The number of amides is 1. The smallest absolute Gasteiger partial charge is 0.450 e. The highest BCUT2D eigenvalue weighted by Crippen LogP contribution is 2.24. The molecule has 1 fully saturated rings. The minimum absolute atomic E-state index is 0.107. The van der Waals surface area contributed by atoms with E-state index in [0.29, 0.717) is 0 Å². The van der Waals surface area contributed by atoms with Crippen molar-refractivity contribution in [2.45, 2.75) is 58.1 Å². The van der Waals surface area contributed by atoms with Gasteiger partial charge in [-0.2, -0.15) is 0 Å². The van der Waals surface area contributed by atoms with E-state index in [-0.39, 0.29) is 18.6 Å². The summed E-state index contributed by atoms with van der Waals surface area (Å²) in [5.74, 6) is 0.257. The van der Waals surface area contributed by atoms with Gasteiger partial charge in [-0.3, -0.25) is 0 Å². The first-order valence-corrected chi connectivity index (χ1v) is 6.61. The van der Waals surface area contributed by atoms with Crippen LogP contribution < -0.4 is 5.32 Å². The molecule has 1 saturated carbocycles. The molecule has 1 amide bonds. The van der Waals surface area contributed by atoms with Gasteiger partial charge in [-0.15, -0.1) is 0 Å². The molecule has 2 N–H and O–H groups in total. The lowest BCUT2D eigenvalue weighted by Crippen LogP contribution is -2.41. The summed E-state index contributed by atoms with van der Waals surface area (Å²) in [7, 11) is 0. The van der Waals surface area contributed by atoms with Crippen molar-refractivity contribution in [3.05, 3.63) is 0 Å². The Morgan fingerprint density at radius 3 is 2.26 bits per heavy atom. The maximum absolute atomic E-state index is 11.6. The summed E-state index contributed by atoms with van der Waals surface area (Å²) in [5, 5.41) is 11.3. The summed E-state index contributed by atoms with van der Waals surface area (Å²) in [5.41, 5.74) is -0.489. The number of nitrogens with one attached hydrogen (secondary N) is 1. The minimum Gasteiger partial charge on any atom is -0.450 e. The van der Waals surface area contributed by atoms with Gasteiger partial charge in [0.05, 0.1) is 6.61 Å².